The Kier molecular flexibility index (Phi) is 3.69. The number of rotatable bonds is 4. The fourth-order valence-corrected chi connectivity index (χ4v) is 2.94. The minimum absolute atomic E-state index is 0.208. The first kappa shape index (κ1) is 13.1. The zero-order valence-electron chi connectivity index (χ0n) is 11.3. The van der Waals surface area contributed by atoms with Gasteiger partial charge in [0.05, 0.1) is 17.2 Å². The molecule has 1 amide bonds. The van der Waals surface area contributed by atoms with E-state index < -0.39 is 0 Å². The molecule has 1 aliphatic heterocycles. The van der Waals surface area contributed by atoms with Gasteiger partial charge in [-0.25, -0.2) is 9.78 Å². The van der Waals surface area contributed by atoms with Crippen LogP contribution in [0.15, 0.2) is 29.6 Å². The summed E-state index contributed by atoms with van der Waals surface area (Å²) >= 11 is 1.64. The molecule has 0 radical (unpaired) electrons. The maximum absolute atomic E-state index is 11.3. The third kappa shape index (κ3) is 2.82. The lowest BCUT2D eigenvalue weighted by molar-refractivity contribution is 0.159. The Morgan fingerprint density at radius 2 is 2.15 bits per heavy atom. The summed E-state index contributed by atoms with van der Waals surface area (Å²) in [5, 5.41) is 3.13. The monoisotopic (exact) mass is 288 g/mol. The molecule has 1 aromatic carbocycles. The van der Waals surface area contributed by atoms with Crippen LogP contribution in [0.2, 0.25) is 0 Å². The number of aryl methyl sites for hydroxylation is 1. The number of aromatic nitrogens is 1. The van der Waals surface area contributed by atoms with Crippen molar-refractivity contribution < 1.29 is 9.53 Å². The van der Waals surface area contributed by atoms with E-state index in [1.165, 1.54) is 5.56 Å². The summed E-state index contributed by atoms with van der Waals surface area (Å²) in [5.74, 6) is 0. The highest BCUT2D eigenvalue weighted by atomic mass is 32.1. The largest absolute Gasteiger partial charge is 0.448 e. The predicted molar refractivity (Wildman–Crippen MR) is 78.9 cm³/mol. The van der Waals surface area contributed by atoms with Crippen LogP contribution in [0.3, 0.4) is 0 Å². The average Bonchev–Trinajstić information content (AvgIpc) is 3.06. The molecule has 1 aromatic heterocycles. The lowest BCUT2D eigenvalue weighted by Crippen LogP contribution is -2.26. The van der Waals surface area contributed by atoms with Gasteiger partial charge in [-0.1, -0.05) is 29.8 Å². The molecule has 0 unspecified atom stereocenters. The van der Waals surface area contributed by atoms with E-state index in [1.807, 2.05) is 0 Å². The lowest BCUT2D eigenvalue weighted by Gasteiger charge is -2.10. The summed E-state index contributed by atoms with van der Waals surface area (Å²) in [5.41, 5.74) is 3.39. The van der Waals surface area contributed by atoms with Crippen molar-refractivity contribution in [3.8, 4) is 11.3 Å². The molecule has 2 heterocycles. The van der Waals surface area contributed by atoms with E-state index in [2.05, 4.69) is 41.6 Å². The van der Waals surface area contributed by atoms with Crippen LogP contribution in [0.4, 0.5) is 4.79 Å². The van der Waals surface area contributed by atoms with Crippen molar-refractivity contribution in [3.05, 3.63) is 40.2 Å². The van der Waals surface area contributed by atoms with Gasteiger partial charge in [-0.3, -0.25) is 0 Å². The standard InChI is InChI=1S/C15H16N2O2S/c1-11-2-4-12(5-3-11)13-10-20-14(16-13)6-7-17-8-9-19-15(17)18/h2-5,10H,6-9H2,1H3. The molecular formula is C15H16N2O2S. The number of hydrogen-bond donors (Lipinski definition) is 0. The molecule has 0 aliphatic carbocycles. The zero-order valence-corrected chi connectivity index (χ0v) is 12.2. The topological polar surface area (TPSA) is 42.4 Å². The fourth-order valence-electron chi connectivity index (χ4n) is 2.14. The van der Waals surface area contributed by atoms with E-state index >= 15 is 0 Å². The Hall–Kier alpha value is -1.88. The van der Waals surface area contributed by atoms with E-state index in [9.17, 15) is 4.79 Å². The molecule has 0 saturated carbocycles. The summed E-state index contributed by atoms with van der Waals surface area (Å²) in [6, 6.07) is 8.36. The van der Waals surface area contributed by atoms with E-state index in [0.717, 1.165) is 22.7 Å². The molecule has 20 heavy (non-hydrogen) atoms. The molecule has 4 nitrogen and oxygen atoms in total. The Balaban J connectivity index is 1.64. The predicted octanol–water partition coefficient (Wildman–Crippen LogP) is 3.11. The lowest BCUT2D eigenvalue weighted by atomic mass is 10.1. The van der Waals surface area contributed by atoms with Crippen LogP contribution in [0.25, 0.3) is 11.3 Å². The Bertz CT molecular complexity index is 607. The number of ether oxygens (including phenoxy) is 1. The zero-order chi connectivity index (χ0) is 13.9. The van der Waals surface area contributed by atoms with Crippen LogP contribution in [0, 0.1) is 6.92 Å². The number of amides is 1. The van der Waals surface area contributed by atoms with Gasteiger partial charge >= 0.3 is 6.09 Å². The number of cyclic esters (lactones) is 1. The normalized spacial score (nSPS) is 14.7. The second-order valence-corrected chi connectivity index (χ2v) is 5.79. The average molecular weight is 288 g/mol. The second kappa shape index (κ2) is 5.63. The van der Waals surface area contributed by atoms with Crippen molar-refractivity contribution in [2.75, 3.05) is 19.7 Å². The molecule has 0 atom stereocenters. The van der Waals surface area contributed by atoms with E-state index in [4.69, 9.17) is 4.74 Å². The third-order valence-electron chi connectivity index (χ3n) is 3.34. The number of hydrogen-bond acceptors (Lipinski definition) is 4. The third-order valence-corrected chi connectivity index (χ3v) is 4.25. The van der Waals surface area contributed by atoms with Crippen LogP contribution in [0.5, 0.6) is 0 Å². The van der Waals surface area contributed by atoms with Crippen molar-refractivity contribution >= 4 is 17.4 Å². The van der Waals surface area contributed by atoms with Gasteiger partial charge in [0.15, 0.2) is 0 Å². The summed E-state index contributed by atoms with van der Waals surface area (Å²) in [7, 11) is 0. The van der Waals surface area contributed by atoms with Crippen molar-refractivity contribution in [2.24, 2.45) is 0 Å². The maximum Gasteiger partial charge on any atom is 0.409 e. The highest BCUT2D eigenvalue weighted by molar-refractivity contribution is 7.09. The molecule has 0 N–H and O–H groups in total. The van der Waals surface area contributed by atoms with Gasteiger partial charge in [0.2, 0.25) is 0 Å². The molecular weight excluding hydrogens is 272 g/mol. The molecule has 2 aromatic rings. The van der Waals surface area contributed by atoms with Gasteiger partial charge in [0.1, 0.15) is 6.61 Å². The van der Waals surface area contributed by atoms with Crippen molar-refractivity contribution in [1.82, 2.24) is 9.88 Å². The first-order valence-corrected chi connectivity index (χ1v) is 7.53. The van der Waals surface area contributed by atoms with E-state index in [1.54, 1.807) is 16.2 Å². The SMILES string of the molecule is Cc1ccc(-c2csc(CCN3CCOC3=O)n2)cc1. The smallest absolute Gasteiger partial charge is 0.409 e. The highest BCUT2D eigenvalue weighted by Gasteiger charge is 2.21. The van der Waals surface area contributed by atoms with Gasteiger partial charge in [-0.2, -0.15) is 0 Å². The first-order valence-electron chi connectivity index (χ1n) is 6.65. The first-order chi connectivity index (χ1) is 9.72. The Morgan fingerprint density at radius 3 is 2.85 bits per heavy atom. The van der Waals surface area contributed by atoms with Crippen LogP contribution in [-0.2, 0) is 11.2 Å². The van der Waals surface area contributed by atoms with Gasteiger partial charge < -0.3 is 9.64 Å². The summed E-state index contributed by atoms with van der Waals surface area (Å²) in [6.07, 6.45) is 0.575. The summed E-state index contributed by atoms with van der Waals surface area (Å²) in [4.78, 5) is 17.7. The Morgan fingerprint density at radius 1 is 1.35 bits per heavy atom. The van der Waals surface area contributed by atoms with Crippen LogP contribution in [-0.4, -0.2) is 35.7 Å². The van der Waals surface area contributed by atoms with E-state index in [0.29, 0.717) is 19.7 Å². The number of benzene rings is 1. The van der Waals surface area contributed by atoms with Gasteiger partial charge in [0.25, 0.3) is 0 Å². The van der Waals surface area contributed by atoms with Crippen molar-refractivity contribution in [3.63, 3.8) is 0 Å². The molecule has 0 spiro atoms. The maximum atomic E-state index is 11.3. The fraction of sp³-hybridized carbons (Fsp3) is 0.333. The molecule has 1 fully saturated rings. The highest BCUT2D eigenvalue weighted by Crippen LogP contribution is 2.22. The minimum atomic E-state index is -0.208. The quantitative estimate of drug-likeness (QED) is 0.868. The molecule has 104 valence electrons. The number of carbonyl (C=O) groups is 1. The van der Waals surface area contributed by atoms with E-state index in [-0.39, 0.29) is 6.09 Å². The Labute approximate surface area is 122 Å². The van der Waals surface area contributed by atoms with Crippen LogP contribution >= 0.6 is 11.3 Å². The molecule has 1 saturated heterocycles. The van der Waals surface area contributed by atoms with Crippen molar-refractivity contribution in [2.45, 2.75) is 13.3 Å². The van der Waals surface area contributed by atoms with Crippen LogP contribution in [0.1, 0.15) is 10.6 Å². The van der Waals surface area contributed by atoms with Crippen LogP contribution < -0.4 is 0 Å². The molecule has 1 aliphatic rings. The molecule has 0 bridgehead atoms. The summed E-state index contributed by atoms with van der Waals surface area (Å²) < 4.78 is 4.91. The van der Waals surface area contributed by atoms with Gasteiger partial charge in [-0.05, 0) is 6.92 Å². The molecule has 3 rings (SSSR count). The van der Waals surface area contributed by atoms with Crippen molar-refractivity contribution in [1.29, 1.82) is 0 Å². The number of thiazole rings is 1. The molecule has 5 heteroatoms. The second-order valence-electron chi connectivity index (χ2n) is 4.84. The summed E-state index contributed by atoms with van der Waals surface area (Å²) in [6.45, 7) is 3.95. The van der Waals surface area contributed by atoms with Gasteiger partial charge in [0, 0.05) is 23.9 Å². The number of nitrogens with zero attached hydrogens (tertiary/aromatic N) is 2. The number of carbonyl (C=O) groups excluding carboxylic acids is 1. The van der Waals surface area contributed by atoms with Gasteiger partial charge in [-0.15, -0.1) is 11.3 Å². The minimum Gasteiger partial charge on any atom is -0.448 e.